The molecule has 0 amide bonds. The zero-order valence-electron chi connectivity index (χ0n) is 16.7. The minimum Gasteiger partial charge on any atom is -0.475 e. The molecule has 1 aromatic heterocycles. The highest BCUT2D eigenvalue weighted by Gasteiger charge is 2.38. The van der Waals surface area contributed by atoms with Crippen molar-refractivity contribution < 1.29 is 50.9 Å². The van der Waals surface area contributed by atoms with Gasteiger partial charge in [0, 0.05) is 26.7 Å². The maximum Gasteiger partial charge on any atom is 0.490 e. The first-order chi connectivity index (χ1) is 14.7. The zero-order valence-corrected chi connectivity index (χ0v) is 16.7. The topological polar surface area (TPSA) is 116 Å². The van der Waals surface area contributed by atoms with Crippen LogP contribution in [-0.2, 0) is 20.9 Å². The smallest absolute Gasteiger partial charge is 0.475 e. The van der Waals surface area contributed by atoms with Crippen molar-refractivity contribution in [3.05, 3.63) is 30.1 Å². The van der Waals surface area contributed by atoms with E-state index in [0.29, 0.717) is 6.10 Å². The number of aromatic amines is 1. The number of fused-ring (bicyclic) bond motifs is 1. The number of carbonyl (C=O) groups is 2. The van der Waals surface area contributed by atoms with E-state index in [4.69, 9.17) is 24.5 Å². The van der Waals surface area contributed by atoms with Crippen molar-refractivity contribution in [2.45, 2.75) is 37.8 Å². The number of halogens is 6. The van der Waals surface area contributed by atoms with Crippen molar-refractivity contribution >= 4 is 23.0 Å². The quantitative estimate of drug-likeness (QED) is 0.585. The highest BCUT2D eigenvalue weighted by molar-refractivity contribution is 5.75. The lowest BCUT2D eigenvalue weighted by Gasteiger charge is -2.31. The second-order valence-electron chi connectivity index (χ2n) is 6.57. The van der Waals surface area contributed by atoms with E-state index in [-0.39, 0.29) is 0 Å². The standard InChI is InChI=1S/C14H19N3O.2C2HF3O2/c1-18-12-4-6-17(7-5-12)9-11-2-3-13-14(8-11)16-10-15-13;2*3-2(4,5)1(6)7/h2-3,8,10,12H,4-7,9H2,1H3,(H,15,16);2*(H,6,7). The van der Waals surface area contributed by atoms with E-state index in [1.807, 2.05) is 7.11 Å². The van der Waals surface area contributed by atoms with Gasteiger partial charge in [0.25, 0.3) is 0 Å². The molecule has 1 aliphatic rings. The van der Waals surface area contributed by atoms with Crippen LogP contribution in [0.25, 0.3) is 11.0 Å². The van der Waals surface area contributed by atoms with E-state index < -0.39 is 24.3 Å². The Hall–Kier alpha value is -2.87. The van der Waals surface area contributed by atoms with Gasteiger partial charge in [0.2, 0.25) is 0 Å². The van der Waals surface area contributed by atoms with Crippen molar-refractivity contribution in [1.29, 1.82) is 0 Å². The number of hydrogen-bond acceptors (Lipinski definition) is 5. The molecule has 14 heteroatoms. The number of nitrogens with zero attached hydrogens (tertiary/aromatic N) is 2. The average Bonchev–Trinajstić information content (AvgIpc) is 3.16. The number of alkyl halides is 6. The van der Waals surface area contributed by atoms with Crippen LogP contribution in [0.3, 0.4) is 0 Å². The van der Waals surface area contributed by atoms with Gasteiger partial charge < -0.3 is 19.9 Å². The summed E-state index contributed by atoms with van der Waals surface area (Å²) in [4.78, 5) is 27.7. The number of carboxylic acids is 2. The SMILES string of the molecule is COC1CCN(Cc2ccc3nc[nH]c3c2)CC1.O=C(O)C(F)(F)F.O=C(O)C(F)(F)F. The first kappa shape index (κ1) is 27.2. The number of nitrogens with one attached hydrogen (secondary N) is 1. The Morgan fingerprint density at radius 1 is 1.09 bits per heavy atom. The number of benzene rings is 1. The number of imidazole rings is 1. The number of piperidine rings is 1. The fraction of sp³-hybridized carbons (Fsp3) is 0.500. The molecule has 0 spiro atoms. The zero-order chi connectivity index (χ0) is 24.5. The van der Waals surface area contributed by atoms with E-state index in [1.54, 1.807) is 6.33 Å². The number of methoxy groups -OCH3 is 1. The van der Waals surface area contributed by atoms with Gasteiger partial charge in [-0.15, -0.1) is 0 Å². The molecule has 3 N–H and O–H groups in total. The molecule has 0 atom stereocenters. The third-order valence-electron chi connectivity index (χ3n) is 4.24. The van der Waals surface area contributed by atoms with Gasteiger partial charge in [0.15, 0.2) is 0 Å². The molecule has 0 aliphatic carbocycles. The molecule has 1 saturated heterocycles. The number of likely N-dealkylation sites (tertiary alicyclic amines) is 1. The largest absolute Gasteiger partial charge is 0.490 e. The summed E-state index contributed by atoms with van der Waals surface area (Å²) in [7, 11) is 1.81. The van der Waals surface area contributed by atoms with Crippen LogP contribution in [0.15, 0.2) is 24.5 Å². The van der Waals surface area contributed by atoms with E-state index in [1.165, 1.54) is 5.56 Å². The molecule has 1 fully saturated rings. The van der Waals surface area contributed by atoms with Crippen LogP contribution in [0, 0.1) is 0 Å². The maximum absolute atomic E-state index is 10.6. The van der Waals surface area contributed by atoms with E-state index >= 15 is 0 Å². The summed E-state index contributed by atoms with van der Waals surface area (Å²) in [6.07, 6.45) is -5.68. The molecule has 0 saturated carbocycles. The van der Waals surface area contributed by atoms with E-state index in [9.17, 15) is 26.3 Å². The minimum atomic E-state index is -5.08. The van der Waals surface area contributed by atoms with Crippen molar-refractivity contribution in [2.24, 2.45) is 0 Å². The van der Waals surface area contributed by atoms with Gasteiger partial charge in [0.1, 0.15) is 0 Å². The Bertz CT molecular complexity index is 852. The Labute approximate surface area is 177 Å². The third kappa shape index (κ3) is 9.51. The minimum absolute atomic E-state index is 0.455. The predicted octanol–water partition coefficient (Wildman–Crippen LogP) is 3.44. The van der Waals surface area contributed by atoms with Crippen LogP contribution in [0.2, 0.25) is 0 Å². The summed E-state index contributed by atoms with van der Waals surface area (Å²) >= 11 is 0. The molecule has 3 rings (SSSR count). The van der Waals surface area contributed by atoms with Crippen LogP contribution in [0.1, 0.15) is 18.4 Å². The number of rotatable bonds is 3. The Morgan fingerprint density at radius 2 is 1.59 bits per heavy atom. The number of aromatic nitrogens is 2. The number of H-pyrrole nitrogens is 1. The number of ether oxygens (including phenoxy) is 1. The molecule has 2 heterocycles. The first-order valence-electron chi connectivity index (χ1n) is 9.01. The second kappa shape index (κ2) is 11.7. The van der Waals surface area contributed by atoms with Crippen LogP contribution < -0.4 is 0 Å². The normalized spacial score (nSPS) is 15.3. The van der Waals surface area contributed by atoms with Crippen LogP contribution in [-0.4, -0.2) is 75.7 Å². The molecule has 1 aliphatic heterocycles. The Kier molecular flexibility index (Phi) is 9.90. The monoisotopic (exact) mass is 473 g/mol. The third-order valence-corrected chi connectivity index (χ3v) is 4.24. The molecule has 8 nitrogen and oxygen atoms in total. The predicted molar refractivity (Wildman–Crippen MR) is 98.8 cm³/mol. The fourth-order valence-corrected chi connectivity index (χ4v) is 2.64. The lowest BCUT2D eigenvalue weighted by atomic mass is 10.1. The van der Waals surface area contributed by atoms with E-state index in [2.05, 4.69) is 33.1 Å². The van der Waals surface area contributed by atoms with Crippen LogP contribution in [0.4, 0.5) is 26.3 Å². The Balaban J connectivity index is 0.000000305. The van der Waals surface area contributed by atoms with Gasteiger partial charge in [-0.25, -0.2) is 14.6 Å². The molecule has 0 bridgehead atoms. The van der Waals surface area contributed by atoms with E-state index in [0.717, 1.165) is 43.5 Å². The summed E-state index contributed by atoms with van der Waals surface area (Å²) in [5, 5.41) is 14.2. The summed E-state index contributed by atoms with van der Waals surface area (Å²) in [6.45, 7) is 3.27. The fourth-order valence-electron chi connectivity index (χ4n) is 2.64. The first-order valence-corrected chi connectivity index (χ1v) is 9.01. The number of carboxylic acid groups (broad SMARTS) is 2. The van der Waals surface area contributed by atoms with Crippen molar-refractivity contribution in [3.8, 4) is 0 Å². The lowest BCUT2D eigenvalue weighted by molar-refractivity contribution is -0.193. The molecule has 1 aromatic carbocycles. The second-order valence-corrected chi connectivity index (χ2v) is 6.57. The summed E-state index contributed by atoms with van der Waals surface area (Å²) in [5.41, 5.74) is 3.51. The summed E-state index contributed by atoms with van der Waals surface area (Å²) in [6, 6.07) is 6.46. The van der Waals surface area contributed by atoms with Gasteiger partial charge in [0.05, 0.1) is 23.5 Å². The molecule has 180 valence electrons. The molecule has 0 radical (unpaired) electrons. The summed E-state index contributed by atoms with van der Waals surface area (Å²) in [5.74, 6) is -5.51. The van der Waals surface area contributed by atoms with Gasteiger partial charge in [-0.05, 0) is 30.5 Å². The van der Waals surface area contributed by atoms with Gasteiger partial charge in [-0.3, -0.25) is 4.90 Å². The molecule has 2 aromatic rings. The molecular weight excluding hydrogens is 452 g/mol. The van der Waals surface area contributed by atoms with Crippen LogP contribution in [0.5, 0.6) is 0 Å². The highest BCUT2D eigenvalue weighted by Crippen LogP contribution is 2.18. The number of aliphatic carboxylic acids is 2. The molecule has 0 unspecified atom stereocenters. The van der Waals surface area contributed by atoms with Crippen LogP contribution >= 0.6 is 0 Å². The van der Waals surface area contributed by atoms with Gasteiger partial charge >= 0.3 is 24.3 Å². The van der Waals surface area contributed by atoms with Crippen molar-refractivity contribution in [1.82, 2.24) is 14.9 Å². The molecule has 32 heavy (non-hydrogen) atoms. The highest BCUT2D eigenvalue weighted by atomic mass is 19.4. The summed E-state index contributed by atoms with van der Waals surface area (Å²) < 4.78 is 68.9. The van der Waals surface area contributed by atoms with Gasteiger partial charge in [-0.1, -0.05) is 6.07 Å². The maximum atomic E-state index is 10.6. The van der Waals surface area contributed by atoms with Crippen molar-refractivity contribution in [3.63, 3.8) is 0 Å². The number of hydrogen-bond donors (Lipinski definition) is 3. The lowest BCUT2D eigenvalue weighted by Crippen LogP contribution is -2.36. The average molecular weight is 473 g/mol. The van der Waals surface area contributed by atoms with Gasteiger partial charge in [-0.2, -0.15) is 26.3 Å². The van der Waals surface area contributed by atoms with Crippen molar-refractivity contribution in [2.75, 3.05) is 20.2 Å². The Morgan fingerprint density at radius 3 is 2.03 bits per heavy atom. The molecular formula is C18H21F6N3O5.